The Kier molecular flexibility index (Phi) is 5.55. The van der Waals surface area contributed by atoms with Crippen LogP contribution in [0.15, 0.2) is 36.5 Å². The number of aliphatic hydroxyl groups is 1. The molecule has 3 N–H and O–H groups in total. The summed E-state index contributed by atoms with van der Waals surface area (Å²) < 4.78 is 1.79. The highest BCUT2D eigenvalue weighted by molar-refractivity contribution is 5.91. The van der Waals surface area contributed by atoms with Crippen molar-refractivity contribution in [1.29, 1.82) is 0 Å². The summed E-state index contributed by atoms with van der Waals surface area (Å²) in [4.78, 5) is 12.1. The summed E-state index contributed by atoms with van der Waals surface area (Å²) in [6, 6.07) is 9.73. The number of hydrogen-bond donors (Lipinski definition) is 3. The van der Waals surface area contributed by atoms with Gasteiger partial charge in [0.05, 0.1) is 18.3 Å². The average Bonchev–Trinajstić information content (AvgIpc) is 3.13. The maximum Gasteiger partial charge on any atom is 0.273 e. The molecule has 0 bridgehead atoms. The van der Waals surface area contributed by atoms with Crippen LogP contribution in [0.4, 0.5) is 0 Å². The van der Waals surface area contributed by atoms with Gasteiger partial charge in [-0.2, -0.15) is 0 Å². The topological polar surface area (TPSA) is 92.1 Å². The van der Waals surface area contributed by atoms with Gasteiger partial charge < -0.3 is 15.7 Å². The zero-order chi connectivity index (χ0) is 16.8. The molecule has 1 saturated heterocycles. The van der Waals surface area contributed by atoms with Crippen molar-refractivity contribution in [3.63, 3.8) is 0 Å². The fourth-order valence-electron chi connectivity index (χ4n) is 2.89. The Morgan fingerprint density at radius 1 is 1.33 bits per heavy atom. The van der Waals surface area contributed by atoms with Gasteiger partial charge in [0.15, 0.2) is 5.69 Å². The van der Waals surface area contributed by atoms with Crippen LogP contribution in [0.3, 0.4) is 0 Å². The van der Waals surface area contributed by atoms with Crippen molar-refractivity contribution in [3.8, 4) is 0 Å². The Morgan fingerprint density at radius 2 is 2.08 bits per heavy atom. The van der Waals surface area contributed by atoms with Crippen LogP contribution in [0.1, 0.15) is 47.5 Å². The Balaban J connectivity index is 1.47. The van der Waals surface area contributed by atoms with Gasteiger partial charge in [-0.3, -0.25) is 4.79 Å². The van der Waals surface area contributed by atoms with Crippen LogP contribution < -0.4 is 10.6 Å². The first kappa shape index (κ1) is 16.6. The smallest absolute Gasteiger partial charge is 0.273 e. The number of benzene rings is 1. The number of rotatable bonds is 6. The first-order chi connectivity index (χ1) is 11.7. The van der Waals surface area contributed by atoms with Crippen molar-refractivity contribution in [2.45, 2.75) is 31.4 Å². The maximum atomic E-state index is 12.1. The molecule has 0 saturated carbocycles. The van der Waals surface area contributed by atoms with Crippen LogP contribution in [0, 0.1) is 0 Å². The summed E-state index contributed by atoms with van der Waals surface area (Å²) in [6.45, 7) is 2.31. The molecule has 2 heterocycles. The molecule has 7 nitrogen and oxygen atoms in total. The molecule has 1 fully saturated rings. The van der Waals surface area contributed by atoms with E-state index in [0.29, 0.717) is 24.7 Å². The van der Waals surface area contributed by atoms with Crippen molar-refractivity contribution >= 4 is 5.91 Å². The van der Waals surface area contributed by atoms with Crippen molar-refractivity contribution < 1.29 is 9.90 Å². The normalized spacial score (nSPS) is 16.7. The fourth-order valence-corrected chi connectivity index (χ4v) is 2.89. The van der Waals surface area contributed by atoms with E-state index >= 15 is 0 Å². The fraction of sp³-hybridized carbons (Fsp3) is 0.471. The van der Waals surface area contributed by atoms with Gasteiger partial charge in [0.1, 0.15) is 0 Å². The van der Waals surface area contributed by atoms with Gasteiger partial charge >= 0.3 is 0 Å². The number of aromatic nitrogens is 3. The number of amides is 1. The summed E-state index contributed by atoms with van der Waals surface area (Å²) in [6.07, 6.45) is 3.57. The quantitative estimate of drug-likeness (QED) is 0.737. The van der Waals surface area contributed by atoms with E-state index in [2.05, 4.69) is 20.9 Å². The van der Waals surface area contributed by atoms with E-state index < -0.39 is 6.10 Å². The average molecular weight is 329 g/mol. The van der Waals surface area contributed by atoms with Crippen LogP contribution in [-0.4, -0.2) is 45.6 Å². The van der Waals surface area contributed by atoms with Crippen molar-refractivity contribution in [2.75, 3.05) is 19.6 Å². The van der Waals surface area contributed by atoms with E-state index in [-0.39, 0.29) is 5.91 Å². The third-order valence-electron chi connectivity index (χ3n) is 4.31. The molecule has 2 aromatic rings. The summed E-state index contributed by atoms with van der Waals surface area (Å²) in [5, 5.41) is 24.2. The zero-order valence-corrected chi connectivity index (χ0v) is 13.6. The molecular weight excluding hydrogens is 306 g/mol. The molecule has 1 aliphatic heterocycles. The number of nitrogens with zero attached hydrogens (tertiary/aromatic N) is 3. The van der Waals surface area contributed by atoms with Gasteiger partial charge in [0.2, 0.25) is 0 Å². The Morgan fingerprint density at radius 3 is 2.83 bits per heavy atom. The maximum absolute atomic E-state index is 12.1. The van der Waals surface area contributed by atoms with E-state index in [9.17, 15) is 9.90 Å². The molecule has 1 atom stereocenters. The molecule has 0 radical (unpaired) electrons. The van der Waals surface area contributed by atoms with Crippen LogP contribution in [0.2, 0.25) is 0 Å². The molecule has 0 aliphatic carbocycles. The SMILES string of the molecule is O=C(NCCC(O)c1ccccc1)c1cn(C2CCNCC2)nn1. The van der Waals surface area contributed by atoms with Gasteiger partial charge in [0.25, 0.3) is 5.91 Å². The second-order valence-corrected chi connectivity index (χ2v) is 6.04. The molecule has 128 valence electrons. The van der Waals surface area contributed by atoms with E-state index in [1.165, 1.54) is 0 Å². The number of carbonyl (C=O) groups is 1. The highest BCUT2D eigenvalue weighted by Crippen LogP contribution is 2.17. The van der Waals surface area contributed by atoms with E-state index in [4.69, 9.17) is 0 Å². The standard InChI is InChI=1S/C17H23N5O2/c23-16(13-4-2-1-3-5-13)8-11-19-17(24)15-12-22(21-20-15)14-6-9-18-10-7-14/h1-5,12,14,16,18,23H,6-11H2,(H,19,24). The lowest BCUT2D eigenvalue weighted by Gasteiger charge is -2.22. The van der Waals surface area contributed by atoms with Crippen molar-refractivity contribution in [2.24, 2.45) is 0 Å². The summed E-state index contributed by atoms with van der Waals surface area (Å²) >= 11 is 0. The van der Waals surface area contributed by atoms with Crippen molar-refractivity contribution in [1.82, 2.24) is 25.6 Å². The van der Waals surface area contributed by atoms with Crippen LogP contribution in [0.25, 0.3) is 0 Å². The van der Waals surface area contributed by atoms with E-state index in [1.54, 1.807) is 10.9 Å². The molecule has 1 aromatic carbocycles. The molecule has 1 amide bonds. The van der Waals surface area contributed by atoms with E-state index in [1.807, 2.05) is 30.3 Å². The van der Waals surface area contributed by atoms with Gasteiger partial charge in [-0.15, -0.1) is 5.10 Å². The first-order valence-corrected chi connectivity index (χ1v) is 8.38. The van der Waals surface area contributed by atoms with Crippen LogP contribution in [0.5, 0.6) is 0 Å². The zero-order valence-electron chi connectivity index (χ0n) is 13.6. The molecule has 1 aromatic heterocycles. The molecular formula is C17H23N5O2. The number of hydrogen-bond acceptors (Lipinski definition) is 5. The molecule has 1 unspecified atom stereocenters. The first-order valence-electron chi connectivity index (χ1n) is 8.38. The minimum atomic E-state index is -0.586. The van der Waals surface area contributed by atoms with E-state index in [0.717, 1.165) is 31.5 Å². The van der Waals surface area contributed by atoms with Crippen molar-refractivity contribution in [3.05, 3.63) is 47.8 Å². The number of nitrogens with one attached hydrogen (secondary N) is 2. The molecule has 1 aliphatic rings. The Labute approximate surface area is 141 Å². The minimum Gasteiger partial charge on any atom is -0.388 e. The summed E-state index contributed by atoms with van der Waals surface area (Å²) in [5.41, 5.74) is 1.17. The molecule has 0 spiro atoms. The Bertz CT molecular complexity index is 652. The lowest BCUT2D eigenvalue weighted by molar-refractivity contribution is 0.0937. The minimum absolute atomic E-state index is 0.254. The predicted molar refractivity (Wildman–Crippen MR) is 89.5 cm³/mol. The highest BCUT2D eigenvalue weighted by Gasteiger charge is 2.18. The van der Waals surface area contributed by atoms with Gasteiger partial charge in [0, 0.05) is 6.54 Å². The third-order valence-corrected chi connectivity index (χ3v) is 4.31. The molecule has 24 heavy (non-hydrogen) atoms. The Hall–Kier alpha value is -2.25. The molecule has 7 heteroatoms. The second kappa shape index (κ2) is 8.03. The number of piperidine rings is 1. The number of aliphatic hydroxyl groups excluding tert-OH is 1. The second-order valence-electron chi connectivity index (χ2n) is 6.04. The monoisotopic (exact) mass is 329 g/mol. The van der Waals surface area contributed by atoms with Crippen LogP contribution >= 0.6 is 0 Å². The van der Waals surface area contributed by atoms with Gasteiger partial charge in [-0.1, -0.05) is 35.5 Å². The predicted octanol–water partition coefficient (Wildman–Crippen LogP) is 1.06. The summed E-state index contributed by atoms with van der Waals surface area (Å²) in [7, 11) is 0. The highest BCUT2D eigenvalue weighted by atomic mass is 16.3. The molecule has 3 rings (SSSR count). The third kappa shape index (κ3) is 4.18. The lowest BCUT2D eigenvalue weighted by Crippen LogP contribution is -2.29. The number of carbonyl (C=O) groups excluding carboxylic acids is 1. The van der Waals surface area contributed by atoms with Gasteiger partial charge in [-0.05, 0) is 37.9 Å². The largest absolute Gasteiger partial charge is 0.388 e. The van der Waals surface area contributed by atoms with Crippen LogP contribution in [-0.2, 0) is 0 Å². The van der Waals surface area contributed by atoms with Gasteiger partial charge in [-0.25, -0.2) is 4.68 Å². The summed E-state index contributed by atoms with van der Waals surface area (Å²) in [5.74, 6) is -0.254. The lowest BCUT2D eigenvalue weighted by atomic mass is 10.1.